The summed E-state index contributed by atoms with van der Waals surface area (Å²) >= 11 is 0. The summed E-state index contributed by atoms with van der Waals surface area (Å²) in [7, 11) is 0. The van der Waals surface area contributed by atoms with Crippen LogP contribution in [0.25, 0.3) is 0 Å². The second-order valence-corrected chi connectivity index (χ2v) is 5.00. The van der Waals surface area contributed by atoms with Crippen molar-refractivity contribution < 1.29 is 14.0 Å². The summed E-state index contributed by atoms with van der Waals surface area (Å²) in [4.78, 5) is 24.9. The van der Waals surface area contributed by atoms with E-state index in [0.717, 1.165) is 6.07 Å². The van der Waals surface area contributed by atoms with Crippen molar-refractivity contribution in [2.24, 2.45) is 0 Å². The van der Waals surface area contributed by atoms with Crippen molar-refractivity contribution in [1.82, 2.24) is 10.2 Å². The number of hydrogen-bond acceptors (Lipinski definition) is 3. The first-order valence-corrected chi connectivity index (χ1v) is 6.59. The molecule has 2 amide bonds. The topological polar surface area (TPSA) is 75.4 Å². The van der Waals surface area contributed by atoms with E-state index in [1.807, 2.05) is 0 Å². The molecule has 0 saturated carbocycles. The minimum atomic E-state index is -0.476. The molecule has 1 saturated heterocycles. The van der Waals surface area contributed by atoms with Crippen LogP contribution >= 0.6 is 0 Å². The number of amides is 2. The monoisotopic (exact) mass is 279 g/mol. The van der Waals surface area contributed by atoms with E-state index in [0.29, 0.717) is 25.9 Å². The first-order valence-electron chi connectivity index (χ1n) is 6.59. The molecule has 1 heterocycles. The van der Waals surface area contributed by atoms with Gasteiger partial charge < -0.3 is 16.0 Å². The van der Waals surface area contributed by atoms with E-state index < -0.39 is 5.82 Å². The Kier molecular flexibility index (Phi) is 4.22. The lowest BCUT2D eigenvalue weighted by molar-refractivity contribution is -0.119. The Morgan fingerprint density at radius 2 is 2.00 bits per heavy atom. The number of nitrogens with zero attached hydrogens (tertiary/aromatic N) is 1. The third-order valence-electron chi connectivity index (χ3n) is 3.44. The molecule has 1 aromatic carbocycles. The van der Waals surface area contributed by atoms with Crippen LogP contribution in [-0.4, -0.2) is 35.8 Å². The van der Waals surface area contributed by atoms with Crippen LogP contribution in [-0.2, 0) is 4.79 Å². The standard InChI is InChI=1S/C14H18FN3O2/c1-9(19)17-11-4-6-18(7-5-11)14(20)12-8-10(15)2-3-13(12)16/h2-3,8,11H,4-7,16H2,1H3,(H,17,19). The van der Waals surface area contributed by atoms with E-state index in [9.17, 15) is 14.0 Å². The molecular formula is C14H18FN3O2. The van der Waals surface area contributed by atoms with Crippen LogP contribution in [0.3, 0.4) is 0 Å². The molecule has 0 bridgehead atoms. The third-order valence-corrected chi connectivity index (χ3v) is 3.44. The van der Waals surface area contributed by atoms with Gasteiger partial charge in [0.25, 0.3) is 5.91 Å². The predicted octanol–water partition coefficient (Wildman–Crippen LogP) is 1.15. The third kappa shape index (κ3) is 3.26. The number of halogens is 1. The molecule has 0 aromatic heterocycles. The van der Waals surface area contributed by atoms with E-state index >= 15 is 0 Å². The number of anilines is 1. The summed E-state index contributed by atoms with van der Waals surface area (Å²) in [5.74, 6) is -0.803. The van der Waals surface area contributed by atoms with Crippen LogP contribution in [0.15, 0.2) is 18.2 Å². The SMILES string of the molecule is CC(=O)NC1CCN(C(=O)c2cc(F)ccc2N)CC1. The number of benzene rings is 1. The molecule has 108 valence electrons. The number of nitrogens with one attached hydrogen (secondary N) is 1. The molecule has 1 aliphatic heterocycles. The molecule has 0 atom stereocenters. The van der Waals surface area contributed by atoms with Crippen molar-refractivity contribution in [3.63, 3.8) is 0 Å². The smallest absolute Gasteiger partial charge is 0.256 e. The maximum absolute atomic E-state index is 13.2. The van der Waals surface area contributed by atoms with Crippen LogP contribution in [0.2, 0.25) is 0 Å². The Balaban J connectivity index is 2.01. The number of piperidine rings is 1. The molecule has 3 N–H and O–H groups in total. The summed E-state index contributed by atoms with van der Waals surface area (Å²) in [5.41, 5.74) is 6.19. The second-order valence-electron chi connectivity index (χ2n) is 5.00. The zero-order valence-corrected chi connectivity index (χ0v) is 11.4. The van der Waals surface area contributed by atoms with Gasteiger partial charge in [-0.3, -0.25) is 9.59 Å². The highest BCUT2D eigenvalue weighted by atomic mass is 19.1. The van der Waals surface area contributed by atoms with E-state index in [-0.39, 0.29) is 29.1 Å². The molecule has 0 spiro atoms. The Hall–Kier alpha value is -2.11. The van der Waals surface area contributed by atoms with Gasteiger partial charge in [-0.2, -0.15) is 0 Å². The molecule has 1 aliphatic rings. The van der Waals surface area contributed by atoms with Gasteiger partial charge in [-0.15, -0.1) is 0 Å². The largest absolute Gasteiger partial charge is 0.398 e. The highest BCUT2D eigenvalue weighted by Gasteiger charge is 2.25. The predicted molar refractivity (Wildman–Crippen MR) is 73.6 cm³/mol. The summed E-state index contributed by atoms with van der Waals surface area (Å²) in [6, 6.07) is 3.89. The van der Waals surface area contributed by atoms with Crippen molar-refractivity contribution in [3.05, 3.63) is 29.6 Å². The van der Waals surface area contributed by atoms with Crippen molar-refractivity contribution in [2.45, 2.75) is 25.8 Å². The molecule has 0 aliphatic carbocycles. The number of hydrogen-bond donors (Lipinski definition) is 2. The minimum Gasteiger partial charge on any atom is -0.398 e. The summed E-state index contributed by atoms with van der Waals surface area (Å²) in [5, 5.41) is 2.84. The Morgan fingerprint density at radius 3 is 2.60 bits per heavy atom. The molecule has 2 rings (SSSR count). The van der Waals surface area contributed by atoms with Crippen molar-refractivity contribution in [1.29, 1.82) is 0 Å². The molecule has 1 aromatic rings. The molecule has 5 nitrogen and oxygen atoms in total. The second kappa shape index (κ2) is 5.90. The van der Waals surface area contributed by atoms with Crippen LogP contribution < -0.4 is 11.1 Å². The number of rotatable bonds is 2. The molecule has 1 fully saturated rings. The lowest BCUT2D eigenvalue weighted by atomic mass is 10.0. The van der Waals surface area contributed by atoms with Crippen molar-refractivity contribution >= 4 is 17.5 Å². The molecular weight excluding hydrogens is 261 g/mol. The van der Waals surface area contributed by atoms with Gasteiger partial charge in [-0.05, 0) is 31.0 Å². The fourth-order valence-electron chi connectivity index (χ4n) is 2.40. The first-order chi connectivity index (χ1) is 9.47. The van der Waals surface area contributed by atoms with Crippen LogP contribution in [0.1, 0.15) is 30.1 Å². The van der Waals surface area contributed by atoms with Crippen molar-refractivity contribution in [2.75, 3.05) is 18.8 Å². The quantitative estimate of drug-likeness (QED) is 0.797. The van der Waals surface area contributed by atoms with E-state index in [1.165, 1.54) is 19.1 Å². The van der Waals surface area contributed by atoms with E-state index in [2.05, 4.69) is 5.32 Å². The zero-order chi connectivity index (χ0) is 14.7. The Morgan fingerprint density at radius 1 is 1.35 bits per heavy atom. The summed E-state index contributed by atoms with van der Waals surface area (Å²) < 4.78 is 13.2. The fourth-order valence-corrected chi connectivity index (χ4v) is 2.40. The average Bonchev–Trinajstić information content (AvgIpc) is 2.41. The summed E-state index contributed by atoms with van der Waals surface area (Å²) in [6.07, 6.45) is 1.39. The average molecular weight is 279 g/mol. The summed E-state index contributed by atoms with van der Waals surface area (Å²) in [6.45, 7) is 2.53. The number of carbonyl (C=O) groups is 2. The van der Waals surface area contributed by atoms with Gasteiger partial charge in [0.05, 0.1) is 5.56 Å². The van der Waals surface area contributed by atoms with Gasteiger partial charge in [0.1, 0.15) is 5.82 Å². The highest BCUT2D eigenvalue weighted by molar-refractivity contribution is 5.99. The maximum Gasteiger partial charge on any atom is 0.256 e. The molecule has 0 radical (unpaired) electrons. The van der Waals surface area contributed by atoms with E-state index in [1.54, 1.807) is 4.90 Å². The van der Waals surface area contributed by atoms with E-state index in [4.69, 9.17) is 5.73 Å². The minimum absolute atomic E-state index is 0.0656. The van der Waals surface area contributed by atoms with Gasteiger partial charge >= 0.3 is 0 Å². The highest BCUT2D eigenvalue weighted by Crippen LogP contribution is 2.19. The van der Waals surface area contributed by atoms with Crippen LogP contribution in [0, 0.1) is 5.82 Å². The van der Waals surface area contributed by atoms with Gasteiger partial charge in [0.15, 0.2) is 0 Å². The normalized spacial score (nSPS) is 16.0. The van der Waals surface area contributed by atoms with Gasteiger partial charge in [0, 0.05) is 31.7 Å². The van der Waals surface area contributed by atoms with Crippen LogP contribution in [0.5, 0.6) is 0 Å². The van der Waals surface area contributed by atoms with Gasteiger partial charge in [-0.1, -0.05) is 0 Å². The van der Waals surface area contributed by atoms with Crippen molar-refractivity contribution in [3.8, 4) is 0 Å². The maximum atomic E-state index is 13.2. The lowest BCUT2D eigenvalue weighted by Crippen LogP contribution is -2.46. The lowest BCUT2D eigenvalue weighted by Gasteiger charge is -2.32. The molecule has 6 heteroatoms. The number of likely N-dealkylation sites (tertiary alicyclic amines) is 1. The number of nitrogen functional groups attached to an aromatic ring is 1. The molecule has 0 unspecified atom stereocenters. The van der Waals surface area contributed by atoms with Gasteiger partial charge in [-0.25, -0.2) is 4.39 Å². The zero-order valence-electron chi connectivity index (χ0n) is 11.4. The first kappa shape index (κ1) is 14.3. The number of nitrogens with two attached hydrogens (primary N) is 1. The van der Waals surface area contributed by atoms with Gasteiger partial charge in [0.2, 0.25) is 5.91 Å². The Bertz CT molecular complexity index is 525. The Labute approximate surface area is 116 Å². The molecule has 20 heavy (non-hydrogen) atoms. The van der Waals surface area contributed by atoms with Crippen LogP contribution in [0.4, 0.5) is 10.1 Å². The fraction of sp³-hybridized carbons (Fsp3) is 0.429. The number of carbonyl (C=O) groups excluding carboxylic acids is 2.